The third-order valence-electron chi connectivity index (χ3n) is 1.63. The SMILES string of the molecule is C#Cc1cc([N+](=O)[O-])ccc1OCC. The van der Waals surface area contributed by atoms with Crippen molar-refractivity contribution in [3.8, 4) is 18.1 Å². The van der Waals surface area contributed by atoms with Gasteiger partial charge in [0.1, 0.15) is 5.75 Å². The summed E-state index contributed by atoms with van der Waals surface area (Å²) >= 11 is 0. The van der Waals surface area contributed by atoms with Crippen LogP contribution in [-0.4, -0.2) is 11.5 Å². The van der Waals surface area contributed by atoms with E-state index in [1.165, 1.54) is 18.2 Å². The molecule has 0 radical (unpaired) electrons. The lowest BCUT2D eigenvalue weighted by Crippen LogP contribution is -1.96. The van der Waals surface area contributed by atoms with Crippen LogP contribution in [-0.2, 0) is 0 Å². The minimum atomic E-state index is -0.490. The molecule has 1 aromatic carbocycles. The number of nitro benzene ring substituents is 1. The first-order valence-electron chi connectivity index (χ1n) is 4.07. The number of non-ortho nitro benzene ring substituents is 1. The lowest BCUT2D eigenvalue weighted by atomic mass is 10.2. The van der Waals surface area contributed by atoms with Crippen molar-refractivity contribution < 1.29 is 9.66 Å². The molecule has 0 aliphatic rings. The average molecular weight is 191 g/mol. The number of ether oxygens (including phenoxy) is 1. The van der Waals surface area contributed by atoms with E-state index in [4.69, 9.17) is 11.2 Å². The highest BCUT2D eigenvalue weighted by Gasteiger charge is 2.09. The molecule has 0 fully saturated rings. The van der Waals surface area contributed by atoms with Gasteiger partial charge >= 0.3 is 0 Å². The minimum absolute atomic E-state index is 0.0265. The van der Waals surface area contributed by atoms with Gasteiger partial charge in [0.2, 0.25) is 0 Å². The van der Waals surface area contributed by atoms with Gasteiger partial charge in [0.25, 0.3) is 5.69 Å². The summed E-state index contributed by atoms with van der Waals surface area (Å²) in [4.78, 5) is 9.94. The van der Waals surface area contributed by atoms with Gasteiger partial charge < -0.3 is 4.74 Å². The predicted molar refractivity (Wildman–Crippen MR) is 52.2 cm³/mol. The van der Waals surface area contributed by atoms with Gasteiger partial charge in [-0.15, -0.1) is 6.42 Å². The number of terminal acetylenes is 1. The van der Waals surface area contributed by atoms with E-state index in [-0.39, 0.29) is 5.69 Å². The normalized spacial score (nSPS) is 9.14. The Hall–Kier alpha value is -2.02. The molecule has 4 heteroatoms. The first-order valence-corrected chi connectivity index (χ1v) is 4.07. The molecular weight excluding hydrogens is 182 g/mol. The van der Waals surface area contributed by atoms with Crippen LogP contribution in [0.1, 0.15) is 12.5 Å². The molecule has 1 aromatic rings. The highest BCUT2D eigenvalue weighted by atomic mass is 16.6. The Morgan fingerprint density at radius 2 is 2.36 bits per heavy atom. The molecule has 0 aromatic heterocycles. The van der Waals surface area contributed by atoms with Gasteiger partial charge in [0.15, 0.2) is 0 Å². The molecule has 0 N–H and O–H groups in total. The highest BCUT2D eigenvalue weighted by Crippen LogP contribution is 2.23. The number of nitro groups is 1. The molecule has 0 aliphatic carbocycles. The quantitative estimate of drug-likeness (QED) is 0.417. The fraction of sp³-hybridized carbons (Fsp3) is 0.200. The Morgan fingerprint density at radius 3 is 2.86 bits per heavy atom. The second-order valence-corrected chi connectivity index (χ2v) is 2.51. The standard InChI is InChI=1S/C10H9NO3/c1-3-8-7-9(11(12)13)5-6-10(8)14-4-2/h1,5-7H,4H2,2H3. The Labute approximate surface area is 81.7 Å². The molecule has 0 atom stereocenters. The second kappa shape index (κ2) is 4.28. The molecule has 0 bridgehead atoms. The maximum Gasteiger partial charge on any atom is 0.270 e. The van der Waals surface area contributed by atoms with Gasteiger partial charge in [-0.3, -0.25) is 10.1 Å². The topological polar surface area (TPSA) is 52.4 Å². The van der Waals surface area contributed by atoms with Crippen LogP contribution >= 0.6 is 0 Å². The molecule has 14 heavy (non-hydrogen) atoms. The van der Waals surface area contributed by atoms with E-state index < -0.39 is 4.92 Å². The van der Waals surface area contributed by atoms with Crippen LogP contribution in [0.2, 0.25) is 0 Å². The molecule has 4 nitrogen and oxygen atoms in total. The van der Waals surface area contributed by atoms with Crippen molar-refractivity contribution in [1.82, 2.24) is 0 Å². The van der Waals surface area contributed by atoms with Gasteiger partial charge in [-0.1, -0.05) is 5.92 Å². The van der Waals surface area contributed by atoms with Crippen molar-refractivity contribution in [2.24, 2.45) is 0 Å². The Morgan fingerprint density at radius 1 is 1.64 bits per heavy atom. The van der Waals surface area contributed by atoms with Gasteiger partial charge in [0, 0.05) is 12.1 Å². The van der Waals surface area contributed by atoms with Crippen LogP contribution < -0.4 is 4.74 Å². The van der Waals surface area contributed by atoms with Crippen LogP contribution in [0.3, 0.4) is 0 Å². The maximum absolute atomic E-state index is 10.4. The number of benzene rings is 1. The van der Waals surface area contributed by atoms with E-state index in [0.29, 0.717) is 17.9 Å². The van der Waals surface area contributed by atoms with Crippen LogP contribution in [0.15, 0.2) is 18.2 Å². The Bertz CT molecular complexity index is 393. The third kappa shape index (κ3) is 2.02. The zero-order valence-electron chi connectivity index (χ0n) is 7.69. The zero-order valence-corrected chi connectivity index (χ0v) is 7.69. The highest BCUT2D eigenvalue weighted by molar-refractivity contribution is 5.51. The number of nitrogens with zero attached hydrogens (tertiary/aromatic N) is 1. The summed E-state index contributed by atoms with van der Waals surface area (Å²) in [5.74, 6) is 2.85. The average Bonchev–Trinajstić information content (AvgIpc) is 2.18. The first-order chi connectivity index (χ1) is 6.69. The van der Waals surface area contributed by atoms with Crippen LogP contribution in [0.4, 0.5) is 5.69 Å². The van der Waals surface area contributed by atoms with Crippen molar-refractivity contribution in [3.63, 3.8) is 0 Å². The Kier molecular flexibility index (Phi) is 3.08. The summed E-state index contributed by atoms with van der Waals surface area (Å²) in [6.07, 6.45) is 5.20. The second-order valence-electron chi connectivity index (χ2n) is 2.51. The molecule has 0 amide bonds. The van der Waals surface area contributed by atoms with E-state index in [9.17, 15) is 10.1 Å². The van der Waals surface area contributed by atoms with E-state index in [1.54, 1.807) is 0 Å². The number of hydrogen-bond acceptors (Lipinski definition) is 3. The van der Waals surface area contributed by atoms with Crippen molar-refractivity contribution in [1.29, 1.82) is 0 Å². The van der Waals surface area contributed by atoms with Crippen molar-refractivity contribution >= 4 is 5.69 Å². The van der Waals surface area contributed by atoms with Crippen molar-refractivity contribution in [2.75, 3.05) is 6.61 Å². The summed E-state index contributed by atoms with van der Waals surface area (Å²) in [7, 11) is 0. The maximum atomic E-state index is 10.4. The van der Waals surface area contributed by atoms with Crippen LogP contribution in [0.5, 0.6) is 5.75 Å². The fourth-order valence-electron chi connectivity index (χ4n) is 1.03. The van der Waals surface area contributed by atoms with Gasteiger partial charge in [0.05, 0.1) is 17.1 Å². The summed E-state index contributed by atoms with van der Waals surface area (Å²) in [6.45, 7) is 2.30. The lowest BCUT2D eigenvalue weighted by Gasteiger charge is -2.04. The smallest absolute Gasteiger partial charge is 0.270 e. The zero-order chi connectivity index (χ0) is 10.6. The number of hydrogen-bond donors (Lipinski definition) is 0. The largest absolute Gasteiger partial charge is 0.493 e. The molecular formula is C10H9NO3. The molecule has 0 saturated heterocycles. The Balaban J connectivity index is 3.13. The monoisotopic (exact) mass is 191 g/mol. The van der Waals surface area contributed by atoms with Gasteiger partial charge in [-0.05, 0) is 13.0 Å². The summed E-state index contributed by atoms with van der Waals surface area (Å²) in [6, 6.07) is 4.20. The van der Waals surface area contributed by atoms with Crippen molar-refractivity contribution in [2.45, 2.75) is 6.92 Å². The molecule has 72 valence electrons. The fourth-order valence-corrected chi connectivity index (χ4v) is 1.03. The lowest BCUT2D eigenvalue weighted by molar-refractivity contribution is -0.384. The van der Waals surface area contributed by atoms with Gasteiger partial charge in [-0.2, -0.15) is 0 Å². The molecule has 0 unspecified atom stereocenters. The molecule has 0 spiro atoms. The van der Waals surface area contributed by atoms with E-state index in [1.807, 2.05) is 6.92 Å². The molecule has 0 heterocycles. The van der Waals surface area contributed by atoms with E-state index in [0.717, 1.165) is 0 Å². The summed E-state index contributed by atoms with van der Waals surface area (Å²) < 4.78 is 5.20. The van der Waals surface area contributed by atoms with Gasteiger partial charge in [-0.25, -0.2) is 0 Å². The van der Waals surface area contributed by atoms with E-state index >= 15 is 0 Å². The number of rotatable bonds is 3. The molecule has 1 rings (SSSR count). The molecule has 0 aliphatic heterocycles. The van der Waals surface area contributed by atoms with Crippen molar-refractivity contribution in [3.05, 3.63) is 33.9 Å². The summed E-state index contributed by atoms with van der Waals surface area (Å²) in [5.41, 5.74) is 0.377. The van der Waals surface area contributed by atoms with Crippen LogP contribution in [0, 0.1) is 22.5 Å². The summed E-state index contributed by atoms with van der Waals surface area (Å²) in [5, 5.41) is 10.4. The predicted octanol–water partition coefficient (Wildman–Crippen LogP) is 1.97. The first kappa shape index (κ1) is 10.1. The molecule has 0 saturated carbocycles. The van der Waals surface area contributed by atoms with Crippen LogP contribution in [0.25, 0.3) is 0 Å². The van der Waals surface area contributed by atoms with E-state index in [2.05, 4.69) is 5.92 Å². The third-order valence-corrected chi connectivity index (χ3v) is 1.63. The minimum Gasteiger partial charge on any atom is -0.493 e.